The molecule has 20 heavy (non-hydrogen) atoms. The SMILES string of the molecule is CCC(C)N(CC)CCC(NC)c1cccc(F)c1F. The minimum Gasteiger partial charge on any atom is -0.313 e. The summed E-state index contributed by atoms with van der Waals surface area (Å²) in [6, 6.07) is 4.71. The first-order valence-corrected chi connectivity index (χ1v) is 7.40. The lowest BCUT2D eigenvalue weighted by atomic mass is 10.0. The molecule has 0 radical (unpaired) electrons. The molecule has 0 heterocycles. The molecule has 1 aromatic carbocycles. The zero-order valence-electron chi connectivity index (χ0n) is 12.9. The Labute approximate surface area is 121 Å². The third kappa shape index (κ3) is 4.25. The molecule has 1 N–H and O–H groups in total. The fourth-order valence-corrected chi connectivity index (χ4v) is 2.49. The molecule has 0 spiro atoms. The Hall–Kier alpha value is -1.00. The Morgan fingerprint density at radius 1 is 1.25 bits per heavy atom. The molecule has 2 unspecified atom stereocenters. The van der Waals surface area contributed by atoms with Crippen molar-refractivity contribution in [1.82, 2.24) is 10.2 Å². The summed E-state index contributed by atoms with van der Waals surface area (Å²) in [5.74, 6) is -1.52. The second kappa shape index (κ2) is 8.32. The van der Waals surface area contributed by atoms with Gasteiger partial charge < -0.3 is 10.2 Å². The first-order chi connectivity index (χ1) is 9.54. The summed E-state index contributed by atoms with van der Waals surface area (Å²) in [5.41, 5.74) is 0.410. The smallest absolute Gasteiger partial charge is 0.163 e. The van der Waals surface area contributed by atoms with Crippen LogP contribution in [0.3, 0.4) is 0 Å². The lowest BCUT2D eigenvalue weighted by Gasteiger charge is -2.29. The third-order valence-electron chi connectivity index (χ3n) is 4.03. The quantitative estimate of drug-likeness (QED) is 0.782. The maximum Gasteiger partial charge on any atom is 0.163 e. The van der Waals surface area contributed by atoms with Gasteiger partial charge >= 0.3 is 0 Å². The molecule has 0 bridgehead atoms. The van der Waals surface area contributed by atoms with E-state index in [9.17, 15) is 8.78 Å². The number of nitrogens with zero attached hydrogens (tertiary/aromatic N) is 1. The maximum atomic E-state index is 13.8. The fourth-order valence-electron chi connectivity index (χ4n) is 2.49. The molecule has 0 aliphatic rings. The van der Waals surface area contributed by atoms with Gasteiger partial charge in [-0.3, -0.25) is 0 Å². The minimum atomic E-state index is -0.781. The van der Waals surface area contributed by atoms with Crippen molar-refractivity contribution >= 4 is 0 Å². The van der Waals surface area contributed by atoms with Crippen molar-refractivity contribution in [3.8, 4) is 0 Å². The van der Waals surface area contributed by atoms with Gasteiger partial charge in [0.15, 0.2) is 11.6 Å². The predicted molar refractivity (Wildman–Crippen MR) is 79.8 cm³/mol. The Balaban J connectivity index is 2.74. The van der Waals surface area contributed by atoms with Gasteiger partial charge in [0.25, 0.3) is 0 Å². The molecule has 2 atom stereocenters. The first kappa shape index (κ1) is 17.1. The van der Waals surface area contributed by atoms with Gasteiger partial charge in [-0.25, -0.2) is 8.78 Å². The van der Waals surface area contributed by atoms with E-state index in [2.05, 4.69) is 31.0 Å². The van der Waals surface area contributed by atoms with Crippen LogP contribution in [0, 0.1) is 11.6 Å². The van der Waals surface area contributed by atoms with Crippen molar-refractivity contribution in [3.05, 3.63) is 35.4 Å². The zero-order chi connectivity index (χ0) is 15.1. The van der Waals surface area contributed by atoms with Gasteiger partial charge in [0, 0.05) is 24.2 Å². The summed E-state index contributed by atoms with van der Waals surface area (Å²) >= 11 is 0. The Bertz CT molecular complexity index is 409. The van der Waals surface area contributed by atoms with Crippen LogP contribution in [-0.4, -0.2) is 31.1 Å². The van der Waals surface area contributed by atoms with E-state index in [1.165, 1.54) is 0 Å². The summed E-state index contributed by atoms with van der Waals surface area (Å²) in [6.07, 6.45) is 1.85. The summed E-state index contributed by atoms with van der Waals surface area (Å²) in [7, 11) is 1.79. The van der Waals surface area contributed by atoms with E-state index in [1.807, 2.05) is 0 Å². The number of nitrogens with one attached hydrogen (secondary N) is 1. The number of rotatable bonds is 8. The molecule has 2 nitrogen and oxygen atoms in total. The average Bonchev–Trinajstić information content (AvgIpc) is 2.46. The maximum absolute atomic E-state index is 13.8. The van der Waals surface area contributed by atoms with Crippen LogP contribution in [0.4, 0.5) is 8.78 Å². The largest absolute Gasteiger partial charge is 0.313 e. The highest BCUT2D eigenvalue weighted by Crippen LogP contribution is 2.22. The van der Waals surface area contributed by atoms with Gasteiger partial charge in [0.05, 0.1) is 0 Å². The van der Waals surface area contributed by atoms with Crippen LogP contribution in [0.2, 0.25) is 0 Å². The highest BCUT2D eigenvalue weighted by Gasteiger charge is 2.18. The van der Waals surface area contributed by atoms with Crippen molar-refractivity contribution in [2.75, 3.05) is 20.1 Å². The van der Waals surface area contributed by atoms with Gasteiger partial charge in [-0.15, -0.1) is 0 Å². The zero-order valence-corrected chi connectivity index (χ0v) is 12.9. The molecule has 0 fully saturated rings. The summed E-state index contributed by atoms with van der Waals surface area (Å²) in [5, 5.41) is 3.09. The Kier molecular flexibility index (Phi) is 7.10. The van der Waals surface area contributed by atoms with Crippen molar-refractivity contribution in [2.45, 2.75) is 45.7 Å². The number of halogens is 2. The van der Waals surface area contributed by atoms with Crippen molar-refractivity contribution in [2.24, 2.45) is 0 Å². The highest BCUT2D eigenvalue weighted by atomic mass is 19.2. The monoisotopic (exact) mass is 284 g/mol. The van der Waals surface area contributed by atoms with E-state index >= 15 is 0 Å². The Morgan fingerprint density at radius 2 is 1.95 bits per heavy atom. The minimum absolute atomic E-state index is 0.163. The van der Waals surface area contributed by atoms with Crippen molar-refractivity contribution in [3.63, 3.8) is 0 Å². The van der Waals surface area contributed by atoms with E-state index in [0.29, 0.717) is 11.6 Å². The van der Waals surface area contributed by atoms with Gasteiger partial charge in [0.2, 0.25) is 0 Å². The first-order valence-electron chi connectivity index (χ1n) is 7.40. The van der Waals surface area contributed by atoms with Crippen LogP contribution in [-0.2, 0) is 0 Å². The molecule has 0 aromatic heterocycles. The summed E-state index contributed by atoms with van der Waals surface area (Å²) in [6.45, 7) is 8.32. The topological polar surface area (TPSA) is 15.3 Å². The molecular formula is C16H26F2N2. The van der Waals surface area contributed by atoms with E-state index in [-0.39, 0.29) is 6.04 Å². The van der Waals surface area contributed by atoms with Crippen molar-refractivity contribution < 1.29 is 8.78 Å². The van der Waals surface area contributed by atoms with E-state index in [4.69, 9.17) is 0 Å². The molecular weight excluding hydrogens is 258 g/mol. The highest BCUT2D eigenvalue weighted by molar-refractivity contribution is 5.22. The van der Waals surface area contributed by atoms with Crippen LogP contribution in [0.25, 0.3) is 0 Å². The van der Waals surface area contributed by atoms with Crippen LogP contribution in [0.5, 0.6) is 0 Å². The van der Waals surface area contributed by atoms with Gasteiger partial charge in [-0.1, -0.05) is 26.0 Å². The molecule has 0 amide bonds. The second-order valence-corrected chi connectivity index (χ2v) is 5.16. The predicted octanol–water partition coefficient (Wildman–Crippen LogP) is 3.74. The molecule has 0 saturated carbocycles. The van der Waals surface area contributed by atoms with Crippen LogP contribution >= 0.6 is 0 Å². The summed E-state index contributed by atoms with van der Waals surface area (Å²) < 4.78 is 27.2. The molecule has 114 valence electrons. The van der Waals surface area contributed by atoms with E-state index in [1.54, 1.807) is 19.2 Å². The Morgan fingerprint density at radius 3 is 2.50 bits per heavy atom. The van der Waals surface area contributed by atoms with Crippen LogP contribution < -0.4 is 5.32 Å². The standard InChI is InChI=1S/C16H26F2N2/c1-5-12(3)20(6-2)11-10-15(19-4)13-8-7-9-14(17)16(13)18/h7-9,12,15,19H,5-6,10-11H2,1-4H3. The molecule has 0 saturated heterocycles. The lowest BCUT2D eigenvalue weighted by molar-refractivity contribution is 0.203. The molecule has 1 rings (SSSR count). The van der Waals surface area contributed by atoms with Gasteiger partial charge in [0.1, 0.15) is 0 Å². The van der Waals surface area contributed by atoms with Crippen molar-refractivity contribution in [1.29, 1.82) is 0 Å². The second-order valence-electron chi connectivity index (χ2n) is 5.16. The normalized spacial score (nSPS) is 14.6. The number of hydrogen-bond donors (Lipinski definition) is 1. The van der Waals surface area contributed by atoms with Crippen LogP contribution in [0.15, 0.2) is 18.2 Å². The third-order valence-corrected chi connectivity index (χ3v) is 4.03. The summed E-state index contributed by atoms with van der Waals surface area (Å²) in [4.78, 5) is 2.36. The van der Waals surface area contributed by atoms with Crippen LogP contribution in [0.1, 0.15) is 45.2 Å². The van der Waals surface area contributed by atoms with Gasteiger partial charge in [-0.05, 0) is 39.4 Å². The molecule has 0 aliphatic carbocycles. The van der Waals surface area contributed by atoms with E-state index < -0.39 is 11.6 Å². The number of hydrogen-bond acceptors (Lipinski definition) is 2. The lowest BCUT2D eigenvalue weighted by Crippen LogP contribution is -2.35. The van der Waals surface area contributed by atoms with E-state index in [0.717, 1.165) is 32.0 Å². The number of benzene rings is 1. The molecule has 4 heteroatoms. The molecule has 1 aromatic rings. The van der Waals surface area contributed by atoms with Gasteiger partial charge in [-0.2, -0.15) is 0 Å². The fraction of sp³-hybridized carbons (Fsp3) is 0.625. The average molecular weight is 284 g/mol. The molecule has 0 aliphatic heterocycles.